The smallest absolute Gasteiger partial charge is 0.205 e. The predicted octanol–water partition coefficient (Wildman–Crippen LogP) is 4.41. The van der Waals surface area contributed by atoms with Gasteiger partial charge in [0.25, 0.3) is 0 Å². The summed E-state index contributed by atoms with van der Waals surface area (Å²) in [6.45, 7) is 1.45. The molecule has 3 aromatic carbocycles. The molecule has 0 aliphatic heterocycles. The third-order valence-corrected chi connectivity index (χ3v) is 4.58. The molecule has 0 unspecified atom stereocenters. The number of fused-ring (bicyclic) bond motifs is 2. The van der Waals surface area contributed by atoms with Gasteiger partial charge in [-0.1, -0.05) is 48.5 Å². The summed E-state index contributed by atoms with van der Waals surface area (Å²) in [4.78, 5) is 0. The van der Waals surface area contributed by atoms with Crippen molar-refractivity contribution in [3.63, 3.8) is 0 Å². The number of pyridine rings is 1. The van der Waals surface area contributed by atoms with Gasteiger partial charge in [-0.2, -0.15) is 4.57 Å². The van der Waals surface area contributed by atoms with Crippen LogP contribution in [0.2, 0.25) is 0 Å². The highest BCUT2D eigenvalue weighted by atomic mass is 15.0. The van der Waals surface area contributed by atoms with Gasteiger partial charge in [-0.05, 0) is 45.3 Å². The maximum Gasteiger partial charge on any atom is 0.205 e. The van der Waals surface area contributed by atoms with Crippen LogP contribution in [0.25, 0.3) is 33.7 Å². The van der Waals surface area contributed by atoms with E-state index in [9.17, 15) is 0 Å². The summed E-state index contributed by atoms with van der Waals surface area (Å²) >= 11 is 0. The third-order valence-electron chi connectivity index (χ3n) is 4.58. The van der Waals surface area contributed by atoms with Gasteiger partial charge in [-0.25, -0.2) is 0 Å². The first-order valence-corrected chi connectivity index (χ1v) is 8.64. The summed E-state index contributed by atoms with van der Waals surface area (Å²) in [5.74, 6) is 0. The fourth-order valence-corrected chi connectivity index (χ4v) is 3.38. The van der Waals surface area contributed by atoms with Gasteiger partial charge in [0, 0.05) is 18.2 Å². The minimum atomic E-state index is 0.632. The molecule has 4 aromatic rings. The fraction of sp³-hybridized carbons (Fsp3) is 0.0870. The van der Waals surface area contributed by atoms with Gasteiger partial charge in [-0.15, -0.1) is 0 Å². The van der Waals surface area contributed by atoms with Crippen LogP contribution in [0.15, 0.2) is 79.0 Å². The molecule has 122 valence electrons. The zero-order valence-corrected chi connectivity index (χ0v) is 14.1. The maximum absolute atomic E-state index is 5.74. The number of nitrogens with zero attached hydrogens (tertiary/aromatic N) is 1. The molecule has 0 fully saturated rings. The molecule has 0 saturated carbocycles. The highest BCUT2D eigenvalue weighted by molar-refractivity contribution is 6.07. The third kappa shape index (κ3) is 3.04. The summed E-state index contributed by atoms with van der Waals surface area (Å²) in [7, 11) is 0. The second-order valence-electron chi connectivity index (χ2n) is 6.17. The average Bonchev–Trinajstić information content (AvgIpc) is 2.66. The van der Waals surface area contributed by atoms with Crippen molar-refractivity contribution in [3.05, 3.63) is 90.3 Å². The molecule has 1 heterocycles. The van der Waals surface area contributed by atoms with Crippen LogP contribution in [0, 0.1) is 0 Å². The Morgan fingerprint density at radius 2 is 1.40 bits per heavy atom. The van der Waals surface area contributed by atoms with Crippen LogP contribution in [-0.4, -0.2) is 6.54 Å². The normalized spacial score (nSPS) is 11.6. The molecule has 0 aliphatic rings. The summed E-state index contributed by atoms with van der Waals surface area (Å²) < 4.78 is 2.18. The van der Waals surface area contributed by atoms with Crippen molar-refractivity contribution >= 4 is 33.7 Å². The molecule has 0 spiro atoms. The lowest BCUT2D eigenvalue weighted by Crippen LogP contribution is -2.39. The van der Waals surface area contributed by atoms with E-state index in [-0.39, 0.29) is 0 Å². The minimum absolute atomic E-state index is 0.632. The molecular formula is C23H21N2+. The number of nitrogens with two attached hydrogens (primary N) is 1. The van der Waals surface area contributed by atoms with Crippen LogP contribution >= 0.6 is 0 Å². The van der Waals surface area contributed by atoms with Gasteiger partial charge in [0.05, 0.1) is 6.54 Å². The lowest BCUT2D eigenvalue weighted by Gasteiger charge is -2.08. The molecule has 4 rings (SSSR count). The van der Waals surface area contributed by atoms with E-state index in [1.807, 2.05) is 6.07 Å². The maximum atomic E-state index is 5.74. The van der Waals surface area contributed by atoms with Crippen LogP contribution in [0.4, 0.5) is 0 Å². The molecule has 0 aliphatic carbocycles. The Morgan fingerprint density at radius 1 is 0.760 bits per heavy atom. The molecule has 1 aromatic heterocycles. The topological polar surface area (TPSA) is 29.9 Å². The monoisotopic (exact) mass is 325 g/mol. The molecule has 0 saturated heterocycles. The van der Waals surface area contributed by atoms with Gasteiger partial charge >= 0.3 is 0 Å². The Kier molecular flexibility index (Phi) is 4.28. The van der Waals surface area contributed by atoms with Gasteiger partial charge in [0.1, 0.15) is 0 Å². The van der Waals surface area contributed by atoms with E-state index in [0.29, 0.717) is 6.54 Å². The summed E-state index contributed by atoms with van der Waals surface area (Å²) in [6.07, 6.45) is 6.49. The first kappa shape index (κ1) is 15.6. The largest absolute Gasteiger partial charge is 0.325 e. The Labute approximate surface area is 147 Å². The Balaban J connectivity index is 1.91. The number of aromatic nitrogens is 1. The van der Waals surface area contributed by atoms with Crippen molar-refractivity contribution in [2.45, 2.75) is 6.54 Å². The van der Waals surface area contributed by atoms with E-state index in [1.54, 1.807) is 0 Å². The number of benzene rings is 3. The van der Waals surface area contributed by atoms with E-state index in [2.05, 4.69) is 89.6 Å². The van der Waals surface area contributed by atoms with Gasteiger partial charge in [0.2, 0.25) is 5.69 Å². The van der Waals surface area contributed by atoms with Crippen LogP contribution in [-0.2, 0) is 6.54 Å². The standard InChI is InChI=1S/C23H21N2/c24-14-16-25-15-6-5-9-20(25)12-13-23-21-10-3-1-7-18(21)17-19-8-2-4-11-22(19)23/h1-13,15,17H,14,16,24H2/q+1/b13-12+. The van der Waals surface area contributed by atoms with Crippen molar-refractivity contribution < 1.29 is 4.57 Å². The summed E-state index contributed by atoms with van der Waals surface area (Å²) in [5, 5.41) is 5.09. The van der Waals surface area contributed by atoms with Crippen LogP contribution in [0.3, 0.4) is 0 Å². The number of hydrogen-bond acceptors (Lipinski definition) is 1. The first-order chi connectivity index (χ1) is 12.4. The van der Waals surface area contributed by atoms with Gasteiger partial charge in [-0.3, -0.25) is 0 Å². The van der Waals surface area contributed by atoms with Crippen LogP contribution in [0.5, 0.6) is 0 Å². The quantitative estimate of drug-likeness (QED) is 0.437. The molecular weight excluding hydrogens is 304 g/mol. The predicted molar refractivity (Wildman–Crippen MR) is 106 cm³/mol. The van der Waals surface area contributed by atoms with E-state index in [1.165, 1.54) is 27.1 Å². The van der Waals surface area contributed by atoms with Gasteiger partial charge in [0.15, 0.2) is 12.7 Å². The first-order valence-electron chi connectivity index (χ1n) is 8.64. The number of hydrogen-bond donors (Lipinski definition) is 1. The fourth-order valence-electron chi connectivity index (χ4n) is 3.38. The van der Waals surface area contributed by atoms with Crippen LogP contribution < -0.4 is 10.3 Å². The molecule has 25 heavy (non-hydrogen) atoms. The summed E-state index contributed by atoms with van der Waals surface area (Å²) in [6, 6.07) is 25.6. The zero-order chi connectivity index (χ0) is 17.1. The molecule has 0 amide bonds. The van der Waals surface area contributed by atoms with Crippen molar-refractivity contribution in [1.29, 1.82) is 0 Å². The van der Waals surface area contributed by atoms with Crippen molar-refractivity contribution in [1.82, 2.24) is 0 Å². The summed E-state index contributed by atoms with van der Waals surface area (Å²) in [5.41, 5.74) is 8.16. The lowest BCUT2D eigenvalue weighted by molar-refractivity contribution is -0.696. The molecule has 2 nitrogen and oxygen atoms in total. The molecule has 2 N–H and O–H groups in total. The highest BCUT2D eigenvalue weighted by Crippen LogP contribution is 2.29. The number of rotatable bonds is 4. The molecule has 0 atom stereocenters. The lowest BCUT2D eigenvalue weighted by atomic mass is 9.96. The Bertz CT molecular complexity index is 1010. The van der Waals surface area contributed by atoms with Crippen molar-refractivity contribution in [2.24, 2.45) is 5.73 Å². The molecule has 0 bridgehead atoms. The molecule has 0 radical (unpaired) electrons. The van der Waals surface area contributed by atoms with E-state index >= 15 is 0 Å². The van der Waals surface area contributed by atoms with E-state index < -0.39 is 0 Å². The van der Waals surface area contributed by atoms with E-state index in [4.69, 9.17) is 5.73 Å². The van der Waals surface area contributed by atoms with Crippen LogP contribution in [0.1, 0.15) is 11.3 Å². The van der Waals surface area contributed by atoms with E-state index in [0.717, 1.165) is 12.2 Å². The second-order valence-corrected chi connectivity index (χ2v) is 6.17. The Morgan fingerprint density at radius 3 is 2.08 bits per heavy atom. The molecule has 2 heteroatoms. The Hall–Kier alpha value is -2.97. The highest BCUT2D eigenvalue weighted by Gasteiger charge is 2.07. The second kappa shape index (κ2) is 6.88. The zero-order valence-electron chi connectivity index (χ0n) is 14.1. The van der Waals surface area contributed by atoms with Crippen molar-refractivity contribution in [2.75, 3.05) is 6.54 Å². The SMILES string of the molecule is NCC[n+]1ccccc1/C=C/c1c2ccccc2cc2ccccc12. The van der Waals surface area contributed by atoms with Gasteiger partial charge < -0.3 is 5.73 Å². The van der Waals surface area contributed by atoms with Crippen molar-refractivity contribution in [3.8, 4) is 0 Å². The average molecular weight is 325 g/mol. The minimum Gasteiger partial charge on any atom is -0.325 e.